The van der Waals surface area contributed by atoms with Crippen molar-refractivity contribution in [3.05, 3.63) is 40.3 Å². The zero-order valence-corrected chi connectivity index (χ0v) is 10.5. The Kier molecular flexibility index (Phi) is 4.01. The number of nitrogens with zero attached hydrogens (tertiary/aromatic N) is 4. The number of H-pyrrole nitrogens is 1. The molecule has 0 saturated heterocycles. The molecule has 2 N–H and O–H groups in total. The fraction of sp³-hybridized carbons (Fsp3) is 0.364. The van der Waals surface area contributed by atoms with E-state index < -0.39 is 0 Å². The van der Waals surface area contributed by atoms with Gasteiger partial charge in [0.05, 0.1) is 6.54 Å². The van der Waals surface area contributed by atoms with Crippen molar-refractivity contribution >= 4 is 5.91 Å². The molecule has 2 rings (SSSR count). The van der Waals surface area contributed by atoms with E-state index in [-0.39, 0.29) is 23.7 Å². The predicted molar refractivity (Wildman–Crippen MR) is 66.3 cm³/mol. The Hall–Kier alpha value is -2.51. The number of aromatic amines is 1. The summed E-state index contributed by atoms with van der Waals surface area (Å²) in [4.78, 5) is 27.2. The van der Waals surface area contributed by atoms with Crippen LogP contribution in [0.3, 0.4) is 0 Å². The van der Waals surface area contributed by atoms with Crippen LogP contribution in [0.4, 0.5) is 0 Å². The smallest absolute Gasteiger partial charge is 0.272 e. The number of hydrogen-bond donors (Lipinski definition) is 2. The van der Waals surface area contributed by atoms with Crippen molar-refractivity contribution in [3.8, 4) is 0 Å². The summed E-state index contributed by atoms with van der Waals surface area (Å²) in [6.07, 6.45) is 2.14. The molecular formula is C11H14N6O2. The summed E-state index contributed by atoms with van der Waals surface area (Å²) in [7, 11) is 0. The molecule has 0 aliphatic heterocycles. The number of carbonyl (C=O) groups excluding carboxylic acids is 1. The molecule has 2 aromatic heterocycles. The molecular weight excluding hydrogens is 248 g/mol. The quantitative estimate of drug-likeness (QED) is 0.769. The lowest BCUT2D eigenvalue weighted by Crippen LogP contribution is -2.29. The third kappa shape index (κ3) is 3.24. The Bertz CT molecular complexity index is 604. The second-order valence-electron chi connectivity index (χ2n) is 3.89. The van der Waals surface area contributed by atoms with Gasteiger partial charge < -0.3 is 5.32 Å². The average molecular weight is 262 g/mol. The lowest BCUT2D eigenvalue weighted by Gasteiger charge is -2.05. The third-order valence-corrected chi connectivity index (χ3v) is 2.42. The first kappa shape index (κ1) is 12.9. The first-order valence-electron chi connectivity index (χ1n) is 5.91. The van der Waals surface area contributed by atoms with Crippen LogP contribution in [-0.2, 0) is 13.1 Å². The SMILES string of the molecule is CCCn1nc(C(=O)NCc2ncn[nH]2)ccc1=O. The largest absolute Gasteiger partial charge is 0.343 e. The molecule has 0 bridgehead atoms. The molecule has 0 radical (unpaired) electrons. The van der Waals surface area contributed by atoms with E-state index in [2.05, 4.69) is 25.6 Å². The predicted octanol–water partition coefficient (Wildman–Crippen LogP) is -0.299. The van der Waals surface area contributed by atoms with Gasteiger partial charge in [0.25, 0.3) is 11.5 Å². The highest BCUT2D eigenvalue weighted by Gasteiger charge is 2.09. The fourth-order valence-electron chi connectivity index (χ4n) is 1.51. The molecule has 19 heavy (non-hydrogen) atoms. The van der Waals surface area contributed by atoms with E-state index in [1.165, 1.54) is 23.1 Å². The maximum atomic E-state index is 11.9. The summed E-state index contributed by atoms with van der Waals surface area (Å²) in [5, 5.41) is 13.0. The molecule has 0 aliphatic carbocycles. The van der Waals surface area contributed by atoms with Crippen LogP contribution >= 0.6 is 0 Å². The fourth-order valence-corrected chi connectivity index (χ4v) is 1.51. The minimum absolute atomic E-state index is 0.201. The first-order valence-corrected chi connectivity index (χ1v) is 5.91. The van der Waals surface area contributed by atoms with Gasteiger partial charge in [0, 0.05) is 12.6 Å². The van der Waals surface area contributed by atoms with Crippen LogP contribution < -0.4 is 10.9 Å². The second-order valence-corrected chi connectivity index (χ2v) is 3.89. The molecule has 8 nitrogen and oxygen atoms in total. The maximum Gasteiger partial charge on any atom is 0.272 e. The summed E-state index contributed by atoms with van der Waals surface area (Å²) < 4.78 is 1.28. The molecule has 0 atom stereocenters. The van der Waals surface area contributed by atoms with Crippen molar-refractivity contribution in [1.29, 1.82) is 0 Å². The monoisotopic (exact) mass is 262 g/mol. The first-order chi connectivity index (χ1) is 9.20. The molecule has 0 saturated carbocycles. The number of aromatic nitrogens is 5. The van der Waals surface area contributed by atoms with E-state index >= 15 is 0 Å². The van der Waals surface area contributed by atoms with Gasteiger partial charge in [0.2, 0.25) is 0 Å². The van der Waals surface area contributed by atoms with Gasteiger partial charge in [-0.05, 0) is 12.5 Å². The van der Waals surface area contributed by atoms with Crippen LogP contribution in [0, 0.1) is 0 Å². The average Bonchev–Trinajstić information content (AvgIpc) is 2.92. The minimum atomic E-state index is -0.360. The lowest BCUT2D eigenvalue weighted by atomic mass is 10.3. The Morgan fingerprint density at radius 1 is 1.47 bits per heavy atom. The van der Waals surface area contributed by atoms with Gasteiger partial charge in [-0.25, -0.2) is 9.67 Å². The number of hydrogen-bond acceptors (Lipinski definition) is 5. The van der Waals surface area contributed by atoms with Crippen molar-refractivity contribution < 1.29 is 4.79 Å². The van der Waals surface area contributed by atoms with Crippen LogP contribution in [0.5, 0.6) is 0 Å². The van der Waals surface area contributed by atoms with Gasteiger partial charge in [0.15, 0.2) is 0 Å². The molecule has 100 valence electrons. The molecule has 2 aromatic rings. The second kappa shape index (κ2) is 5.89. The Morgan fingerprint density at radius 2 is 2.32 bits per heavy atom. The van der Waals surface area contributed by atoms with Crippen molar-refractivity contribution in [2.24, 2.45) is 0 Å². The van der Waals surface area contributed by atoms with E-state index in [9.17, 15) is 9.59 Å². The molecule has 8 heteroatoms. The van der Waals surface area contributed by atoms with E-state index in [1.54, 1.807) is 0 Å². The van der Waals surface area contributed by atoms with Crippen LogP contribution in [0.2, 0.25) is 0 Å². The molecule has 0 aliphatic rings. The molecule has 0 spiro atoms. The van der Waals surface area contributed by atoms with E-state index in [1.807, 2.05) is 6.92 Å². The summed E-state index contributed by atoms with van der Waals surface area (Å²) in [5.74, 6) is 0.191. The van der Waals surface area contributed by atoms with Crippen LogP contribution in [0.25, 0.3) is 0 Å². The Morgan fingerprint density at radius 3 is 3.00 bits per heavy atom. The standard InChI is InChI=1S/C11H14N6O2/c1-2-5-17-10(18)4-3-8(16-17)11(19)12-6-9-13-7-14-15-9/h3-4,7H,2,5-6H2,1H3,(H,12,19)(H,13,14,15). The highest BCUT2D eigenvalue weighted by Crippen LogP contribution is 1.93. The van der Waals surface area contributed by atoms with Crippen LogP contribution in [-0.4, -0.2) is 30.9 Å². The van der Waals surface area contributed by atoms with E-state index in [4.69, 9.17) is 0 Å². The van der Waals surface area contributed by atoms with Gasteiger partial charge in [0.1, 0.15) is 17.8 Å². The molecule has 1 amide bonds. The number of carbonyl (C=O) groups is 1. The summed E-state index contributed by atoms with van der Waals surface area (Å²) >= 11 is 0. The minimum Gasteiger partial charge on any atom is -0.343 e. The normalized spacial score (nSPS) is 10.4. The summed E-state index contributed by atoms with van der Waals surface area (Å²) in [6, 6.07) is 2.75. The zero-order valence-electron chi connectivity index (χ0n) is 10.5. The number of nitrogens with one attached hydrogen (secondary N) is 2. The number of aryl methyl sites for hydroxylation is 1. The molecule has 0 unspecified atom stereocenters. The van der Waals surface area contributed by atoms with Crippen LogP contribution in [0.1, 0.15) is 29.7 Å². The van der Waals surface area contributed by atoms with Gasteiger partial charge in [-0.2, -0.15) is 10.2 Å². The van der Waals surface area contributed by atoms with E-state index in [0.717, 1.165) is 6.42 Å². The number of amides is 1. The number of rotatable bonds is 5. The van der Waals surface area contributed by atoms with Gasteiger partial charge in [-0.1, -0.05) is 6.92 Å². The van der Waals surface area contributed by atoms with Crippen molar-refractivity contribution in [3.63, 3.8) is 0 Å². The zero-order chi connectivity index (χ0) is 13.7. The summed E-state index contributed by atoms with van der Waals surface area (Å²) in [5.41, 5.74) is -0.0128. The van der Waals surface area contributed by atoms with Gasteiger partial charge in [-0.15, -0.1) is 0 Å². The highest BCUT2D eigenvalue weighted by molar-refractivity contribution is 5.91. The van der Waals surface area contributed by atoms with Crippen molar-refractivity contribution in [2.75, 3.05) is 0 Å². The molecule has 2 heterocycles. The van der Waals surface area contributed by atoms with Gasteiger partial charge in [-0.3, -0.25) is 14.7 Å². The maximum absolute atomic E-state index is 11.9. The third-order valence-electron chi connectivity index (χ3n) is 2.42. The Balaban J connectivity index is 2.06. The highest BCUT2D eigenvalue weighted by atomic mass is 16.2. The van der Waals surface area contributed by atoms with Crippen LogP contribution in [0.15, 0.2) is 23.3 Å². The Labute approximate surface area is 108 Å². The van der Waals surface area contributed by atoms with Crippen molar-refractivity contribution in [1.82, 2.24) is 30.3 Å². The summed E-state index contributed by atoms with van der Waals surface area (Å²) in [6.45, 7) is 2.65. The molecule has 0 fully saturated rings. The van der Waals surface area contributed by atoms with E-state index in [0.29, 0.717) is 12.4 Å². The van der Waals surface area contributed by atoms with Crippen molar-refractivity contribution in [2.45, 2.75) is 26.4 Å². The topological polar surface area (TPSA) is 106 Å². The van der Waals surface area contributed by atoms with Gasteiger partial charge >= 0.3 is 0 Å². The molecule has 0 aromatic carbocycles. The lowest BCUT2D eigenvalue weighted by molar-refractivity contribution is 0.0942.